The molecule has 8 heteroatoms. The second kappa shape index (κ2) is 13.9. The van der Waals surface area contributed by atoms with Gasteiger partial charge in [0, 0.05) is 17.7 Å². The third kappa shape index (κ3) is 6.90. The number of fused-ring (bicyclic) bond motifs is 1. The molecule has 2 fully saturated rings. The molecule has 2 aromatic rings. The lowest BCUT2D eigenvalue weighted by Gasteiger charge is -2.41. The molecule has 6 atom stereocenters. The number of benzene rings is 2. The fourth-order valence-corrected chi connectivity index (χ4v) is 7.19. The molecule has 44 heavy (non-hydrogen) atoms. The van der Waals surface area contributed by atoms with Crippen molar-refractivity contribution in [2.75, 3.05) is 6.61 Å². The molecule has 0 radical (unpaired) electrons. The average molecular weight is 615 g/mol. The highest BCUT2D eigenvalue weighted by atomic mass is 19.2. The molecule has 3 aliphatic rings. The van der Waals surface area contributed by atoms with Gasteiger partial charge in [-0.15, -0.1) is 0 Å². The lowest BCUT2D eigenvalue weighted by molar-refractivity contribution is -0.141. The molecule has 0 heterocycles. The minimum Gasteiger partial charge on any atom is -0.486 e. The van der Waals surface area contributed by atoms with Crippen LogP contribution >= 0.6 is 0 Å². The van der Waals surface area contributed by atoms with E-state index in [0.717, 1.165) is 37.2 Å². The Kier molecular flexibility index (Phi) is 10.2. The molecule has 4 nitrogen and oxygen atoms in total. The SMILES string of the molecule is CCCC1CCC2CC(C(=O)Oc3ccc(COc4ccc(C5=C(F)C(F)C(C)(OCC)C=C5)c(F)c4F)cc3)CCC2C1. The maximum atomic E-state index is 15.0. The van der Waals surface area contributed by atoms with E-state index >= 15 is 0 Å². The summed E-state index contributed by atoms with van der Waals surface area (Å²) in [6.07, 6.45) is 9.53. The highest BCUT2D eigenvalue weighted by molar-refractivity contribution is 5.79. The van der Waals surface area contributed by atoms with Crippen molar-refractivity contribution in [3.8, 4) is 11.5 Å². The van der Waals surface area contributed by atoms with E-state index < -0.39 is 34.8 Å². The number of halogens is 4. The largest absolute Gasteiger partial charge is 0.486 e. The molecule has 0 saturated heterocycles. The van der Waals surface area contributed by atoms with Gasteiger partial charge in [0.15, 0.2) is 17.7 Å². The van der Waals surface area contributed by atoms with E-state index in [0.29, 0.717) is 17.2 Å². The highest BCUT2D eigenvalue weighted by Crippen LogP contribution is 2.46. The predicted octanol–water partition coefficient (Wildman–Crippen LogP) is 9.47. The number of hydrogen-bond donors (Lipinski definition) is 0. The lowest BCUT2D eigenvalue weighted by atomic mass is 9.64. The van der Waals surface area contributed by atoms with Gasteiger partial charge >= 0.3 is 5.97 Å². The number of ether oxygens (including phenoxy) is 3. The van der Waals surface area contributed by atoms with Crippen molar-refractivity contribution in [3.05, 3.63) is 77.1 Å². The molecule has 0 bridgehead atoms. The van der Waals surface area contributed by atoms with Crippen molar-refractivity contribution in [3.63, 3.8) is 0 Å². The summed E-state index contributed by atoms with van der Waals surface area (Å²) in [6, 6.07) is 9.06. The molecule has 6 unspecified atom stereocenters. The third-order valence-corrected chi connectivity index (χ3v) is 9.64. The summed E-state index contributed by atoms with van der Waals surface area (Å²) in [5.41, 5.74) is -1.66. The van der Waals surface area contributed by atoms with E-state index in [1.165, 1.54) is 57.2 Å². The number of allylic oxidation sites excluding steroid dienone is 2. The van der Waals surface area contributed by atoms with E-state index in [9.17, 15) is 22.4 Å². The zero-order chi connectivity index (χ0) is 31.4. The minimum atomic E-state index is -2.16. The van der Waals surface area contributed by atoms with E-state index in [-0.39, 0.29) is 36.4 Å². The van der Waals surface area contributed by atoms with Crippen LogP contribution in [0.25, 0.3) is 5.57 Å². The molecular formula is C36H42F4O4. The first-order valence-electron chi connectivity index (χ1n) is 15.9. The maximum absolute atomic E-state index is 15.0. The van der Waals surface area contributed by atoms with Gasteiger partial charge in [-0.3, -0.25) is 4.79 Å². The van der Waals surface area contributed by atoms with Crippen molar-refractivity contribution >= 4 is 11.5 Å². The summed E-state index contributed by atoms with van der Waals surface area (Å²) in [4.78, 5) is 12.9. The van der Waals surface area contributed by atoms with Crippen molar-refractivity contribution in [2.45, 2.75) is 90.5 Å². The third-order valence-electron chi connectivity index (χ3n) is 9.64. The van der Waals surface area contributed by atoms with Crippen LogP contribution in [0.3, 0.4) is 0 Å². The van der Waals surface area contributed by atoms with Crippen LogP contribution < -0.4 is 9.47 Å². The molecule has 0 aliphatic heterocycles. The van der Waals surface area contributed by atoms with Crippen LogP contribution in [0.2, 0.25) is 0 Å². The summed E-state index contributed by atoms with van der Waals surface area (Å²) >= 11 is 0. The van der Waals surface area contributed by atoms with Gasteiger partial charge in [0.1, 0.15) is 23.8 Å². The molecule has 3 aliphatic carbocycles. The van der Waals surface area contributed by atoms with Crippen LogP contribution in [0.4, 0.5) is 17.6 Å². The van der Waals surface area contributed by atoms with E-state index in [1.807, 2.05) is 0 Å². The van der Waals surface area contributed by atoms with Crippen molar-refractivity contribution in [1.82, 2.24) is 0 Å². The fraction of sp³-hybridized carbons (Fsp3) is 0.528. The van der Waals surface area contributed by atoms with Gasteiger partial charge in [-0.05, 0) is 99.6 Å². The van der Waals surface area contributed by atoms with Crippen LogP contribution in [0.5, 0.6) is 11.5 Å². The monoisotopic (exact) mass is 614 g/mol. The Morgan fingerprint density at radius 3 is 2.39 bits per heavy atom. The van der Waals surface area contributed by atoms with Crippen LogP contribution in [0.1, 0.15) is 83.3 Å². The van der Waals surface area contributed by atoms with Crippen LogP contribution in [0.15, 0.2) is 54.4 Å². The molecule has 0 spiro atoms. The van der Waals surface area contributed by atoms with Crippen LogP contribution in [-0.4, -0.2) is 24.3 Å². The maximum Gasteiger partial charge on any atom is 0.314 e. The first-order chi connectivity index (χ1) is 21.1. The number of esters is 1. The highest BCUT2D eigenvalue weighted by Gasteiger charge is 2.41. The Morgan fingerprint density at radius 2 is 1.66 bits per heavy atom. The Hall–Kier alpha value is -3.13. The van der Waals surface area contributed by atoms with Crippen molar-refractivity contribution in [2.24, 2.45) is 23.7 Å². The Morgan fingerprint density at radius 1 is 0.932 bits per heavy atom. The summed E-state index contributed by atoms with van der Waals surface area (Å²) < 4.78 is 76.1. The number of carbonyl (C=O) groups excluding carboxylic acids is 1. The predicted molar refractivity (Wildman–Crippen MR) is 161 cm³/mol. The Bertz CT molecular complexity index is 1390. The Balaban J connectivity index is 1.15. The van der Waals surface area contributed by atoms with E-state index in [2.05, 4.69) is 6.92 Å². The normalized spacial score (nSPS) is 28.5. The van der Waals surface area contributed by atoms with E-state index in [1.54, 1.807) is 31.2 Å². The summed E-state index contributed by atoms with van der Waals surface area (Å²) in [5.74, 6) is -1.89. The summed E-state index contributed by atoms with van der Waals surface area (Å²) in [5, 5.41) is 0. The van der Waals surface area contributed by atoms with Gasteiger partial charge in [-0.1, -0.05) is 44.4 Å². The van der Waals surface area contributed by atoms with Crippen molar-refractivity contribution < 1.29 is 36.6 Å². The fourth-order valence-electron chi connectivity index (χ4n) is 7.19. The zero-order valence-electron chi connectivity index (χ0n) is 25.7. The Labute approximate surface area is 257 Å². The molecule has 0 aromatic heterocycles. The average Bonchev–Trinajstić information content (AvgIpc) is 3.02. The first-order valence-corrected chi connectivity index (χ1v) is 15.9. The van der Waals surface area contributed by atoms with E-state index in [4.69, 9.17) is 14.2 Å². The second-order valence-electron chi connectivity index (χ2n) is 12.7. The quantitative estimate of drug-likeness (QED) is 0.152. The number of rotatable bonds is 10. The zero-order valence-corrected chi connectivity index (χ0v) is 25.7. The molecule has 0 amide bonds. The van der Waals surface area contributed by atoms with Crippen LogP contribution in [0, 0.1) is 35.3 Å². The molecule has 5 rings (SSSR count). The van der Waals surface area contributed by atoms with Gasteiger partial charge in [0.2, 0.25) is 5.82 Å². The number of alkyl halides is 1. The van der Waals surface area contributed by atoms with Gasteiger partial charge in [-0.25, -0.2) is 13.2 Å². The van der Waals surface area contributed by atoms with Gasteiger partial charge in [0.05, 0.1) is 5.92 Å². The smallest absolute Gasteiger partial charge is 0.314 e. The first kappa shape index (κ1) is 32.3. The summed E-state index contributed by atoms with van der Waals surface area (Å²) in [6.45, 7) is 5.38. The molecule has 2 aromatic carbocycles. The molecule has 238 valence electrons. The molecule has 0 N–H and O–H groups in total. The van der Waals surface area contributed by atoms with Crippen molar-refractivity contribution in [1.29, 1.82) is 0 Å². The molecule has 2 saturated carbocycles. The van der Waals surface area contributed by atoms with Gasteiger partial charge in [-0.2, -0.15) is 4.39 Å². The van der Waals surface area contributed by atoms with Gasteiger partial charge < -0.3 is 14.2 Å². The standard InChI is InChI=1S/C36H42F4O4/c1-4-6-22-7-10-25-20-26(12-11-24(25)19-22)35(41)44-27-13-8-23(9-14-27)21-42-30-16-15-28(31(37)33(30)39)29-17-18-36(3,43-5-2)34(40)32(29)38/h8-9,13-18,22,24-26,34H,4-7,10-12,19-21H2,1-3H3. The second-order valence-corrected chi connectivity index (χ2v) is 12.7. The summed E-state index contributed by atoms with van der Waals surface area (Å²) in [7, 11) is 0. The number of carbonyl (C=O) groups is 1. The lowest BCUT2D eigenvalue weighted by Crippen LogP contribution is -2.40. The minimum absolute atomic E-state index is 0.0785. The number of hydrogen-bond acceptors (Lipinski definition) is 4. The molecular weight excluding hydrogens is 572 g/mol. The van der Waals surface area contributed by atoms with Gasteiger partial charge in [0.25, 0.3) is 0 Å². The topological polar surface area (TPSA) is 44.8 Å². The van der Waals surface area contributed by atoms with Crippen LogP contribution in [-0.2, 0) is 16.1 Å².